The molecule has 0 saturated carbocycles. The van der Waals surface area contributed by atoms with E-state index in [1.54, 1.807) is 0 Å². The van der Waals surface area contributed by atoms with Crippen LogP contribution in [0.3, 0.4) is 0 Å². The maximum absolute atomic E-state index is 12.3. The molecular weight excluding hydrogens is 284 g/mol. The van der Waals surface area contributed by atoms with Gasteiger partial charge in [-0.15, -0.1) is 0 Å². The molecule has 5 heteroatoms. The van der Waals surface area contributed by atoms with Gasteiger partial charge < -0.3 is 15.4 Å². The first-order chi connectivity index (χ1) is 10.1. The summed E-state index contributed by atoms with van der Waals surface area (Å²) in [5.41, 5.74) is 1.02. The monoisotopic (exact) mass is 308 g/mol. The first kappa shape index (κ1) is 16.2. The summed E-state index contributed by atoms with van der Waals surface area (Å²) >= 11 is 1.82. The maximum atomic E-state index is 12.3. The molecule has 0 aromatic heterocycles. The van der Waals surface area contributed by atoms with Gasteiger partial charge in [-0.3, -0.25) is 4.79 Å². The third-order valence-corrected chi connectivity index (χ3v) is 4.41. The van der Waals surface area contributed by atoms with E-state index >= 15 is 0 Å². The zero-order chi connectivity index (χ0) is 15.2. The van der Waals surface area contributed by atoms with Crippen LogP contribution in [0.5, 0.6) is 5.75 Å². The number of para-hydroxylation sites is 1. The molecule has 1 aliphatic heterocycles. The highest BCUT2D eigenvalue weighted by Gasteiger charge is 2.23. The quantitative estimate of drug-likeness (QED) is 0.877. The van der Waals surface area contributed by atoms with E-state index in [0.29, 0.717) is 0 Å². The van der Waals surface area contributed by atoms with E-state index in [-0.39, 0.29) is 24.1 Å². The van der Waals surface area contributed by atoms with Crippen LogP contribution in [0, 0.1) is 0 Å². The number of hydrogen-bond acceptors (Lipinski definition) is 4. The van der Waals surface area contributed by atoms with Crippen molar-refractivity contribution in [3.05, 3.63) is 29.8 Å². The first-order valence-corrected chi connectivity index (χ1v) is 8.60. The summed E-state index contributed by atoms with van der Waals surface area (Å²) in [5.74, 6) is 2.81. The van der Waals surface area contributed by atoms with Crippen molar-refractivity contribution < 1.29 is 9.53 Å². The molecule has 1 amide bonds. The first-order valence-electron chi connectivity index (χ1n) is 7.45. The molecule has 1 aromatic rings. The zero-order valence-corrected chi connectivity index (χ0v) is 13.7. The Morgan fingerprint density at radius 2 is 2.14 bits per heavy atom. The van der Waals surface area contributed by atoms with Crippen LogP contribution < -0.4 is 15.4 Å². The summed E-state index contributed by atoms with van der Waals surface area (Å²) in [6, 6.07) is 7.72. The molecular formula is C16H24N2O2S. The number of nitrogens with one attached hydrogen (secondary N) is 2. The van der Waals surface area contributed by atoms with E-state index < -0.39 is 0 Å². The van der Waals surface area contributed by atoms with Gasteiger partial charge in [-0.05, 0) is 26.8 Å². The molecule has 2 rings (SSSR count). The lowest BCUT2D eigenvalue weighted by molar-refractivity contribution is -0.123. The lowest BCUT2D eigenvalue weighted by Gasteiger charge is -2.25. The van der Waals surface area contributed by atoms with Crippen LogP contribution >= 0.6 is 11.8 Å². The van der Waals surface area contributed by atoms with Gasteiger partial charge in [0.15, 0.2) is 0 Å². The lowest BCUT2D eigenvalue weighted by Crippen LogP contribution is -2.49. The van der Waals surface area contributed by atoms with Gasteiger partial charge in [-0.2, -0.15) is 11.8 Å². The maximum Gasteiger partial charge on any atom is 0.238 e. The summed E-state index contributed by atoms with van der Waals surface area (Å²) < 4.78 is 5.82. The standard InChI is InChI=1S/C16H24N2O2S/c1-11(2)20-15-7-5-4-6-13(15)12(3)18-16(19)14-10-21-9-8-17-14/h4-7,11-12,14,17H,8-10H2,1-3H3,(H,18,19). The molecule has 1 heterocycles. The zero-order valence-electron chi connectivity index (χ0n) is 12.9. The normalized spacial score (nSPS) is 20.1. The summed E-state index contributed by atoms with van der Waals surface area (Å²) in [6.45, 7) is 6.90. The lowest BCUT2D eigenvalue weighted by atomic mass is 10.1. The van der Waals surface area contributed by atoms with Crippen molar-refractivity contribution in [2.24, 2.45) is 0 Å². The van der Waals surface area contributed by atoms with Crippen molar-refractivity contribution in [2.45, 2.75) is 39.0 Å². The molecule has 0 radical (unpaired) electrons. The number of hydrogen-bond donors (Lipinski definition) is 2. The molecule has 0 spiro atoms. The highest BCUT2D eigenvalue weighted by atomic mass is 32.2. The van der Waals surface area contributed by atoms with E-state index in [0.717, 1.165) is 29.4 Å². The van der Waals surface area contributed by atoms with Gasteiger partial charge in [-0.1, -0.05) is 18.2 Å². The number of thioether (sulfide) groups is 1. The molecule has 0 bridgehead atoms. The second-order valence-corrected chi connectivity index (χ2v) is 6.67. The van der Waals surface area contributed by atoms with E-state index in [1.165, 1.54) is 0 Å². The average Bonchev–Trinajstić information content (AvgIpc) is 2.48. The SMILES string of the molecule is CC(C)Oc1ccccc1C(C)NC(=O)C1CSCCN1. The minimum absolute atomic E-state index is 0.0639. The van der Waals surface area contributed by atoms with Crippen LogP contribution in [0.2, 0.25) is 0 Å². The molecule has 0 aliphatic carbocycles. The van der Waals surface area contributed by atoms with E-state index in [9.17, 15) is 4.79 Å². The molecule has 116 valence electrons. The molecule has 1 fully saturated rings. The van der Waals surface area contributed by atoms with Crippen molar-refractivity contribution in [2.75, 3.05) is 18.1 Å². The van der Waals surface area contributed by atoms with Crippen molar-refractivity contribution >= 4 is 17.7 Å². The number of rotatable bonds is 5. The second kappa shape index (κ2) is 7.71. The smallest absolute Gasteiger partial charge is 0.238 e. The predicted molar refractivity (Wildman–Crippen MR) is 87.9 cm³/mol. The van der Waals surface area contributed by atoms with Gasteiger partial charge >= 0.3 is 0 Å². The fraction of sp³-hybridized carbons (Fsp3) is 0.562. The Balaban J connectivity index is 2.02. The van der Waals surface area contributed by atoms with Crippen molar-refractivity contribution in [3.8, 4) is 5.75 Å². The van der Waals surface area contributed by atoms with E-state index in [2.05, 4.69) is 10.6 Å². The summed E-state index contributed by atoms with van der Waals surface area (Å²) in [7, 11) is 0. The molecule has 2 unspecified atom stereocenters. The number of amides is 1. The fourth-order valence-corrected chi connectivity index (χ4v) is 3.26. The largest absolute Gasteiger partial charge is 0.491 e. The topological polar surface area (TPSA) is 50.4 Å². The number of carbonyl (C=O) groups is 1. The molecule has 2 atom stereocenters. The molecule has 2 N–H and O–H groups in total. The Kier molecular flexibility index (Phi) is 5.94. The Labute approximate surface area is 131 Å². The van der Waals surface area contributed by atoms with Crippen molar-refractivity contribution in [1.29, 1.82) is 0 Å². The highest BCUT2D eigenvalue weighted by Crippen LogP contribution is 2.26. The Morgan fingerprint density at radius 3 is 2.81 bits per heavy atom. The van der Waals surface area contributed by atoms with Gasteiger partial charge in [0, 0.05) is 23.6 Å². The van der Waals surface area contributed by atoms with Crippen LogP contribution in [0.15, 0.2) is 24.3 Å². The average molecular weight is 308 g/mol. The number of benzene rings is 1. The third-order valence-electron chi connectivity index (χ3n) is 3.35. The Bertz CT molecular complexity index is 473. The summed E-state index contributed by atoms with van der Waals surface area (Å²) in [6.07, 6.45) is 0.116. The van der Waals surface area contributed by atoms with E-state index in [4.69, 9.17) is 4.74 Å². The van der Waals surface area contributed by atoms with Gasteiger partial charge in [0.05, 0.1) is 18.2 Å². The Hall–Kier alpha value is -1.20. The van der Waals surface area contributed by atoms with Gasteiger partial charge in [0.25, 0.3) is 0 Å². The molecule has 1 saturated heterocycles. The van der Waals surface area contributed by atoms with Crippen LogP contribution in [0.1, 0.15) is 32.4 Å². The van der Waals surface area contributed by atoms with Gasteiger partial charge in [-0.25, -0.2) is 0 Å². The number of carbonyl (C=O) groups excluding carboxylic acids is 1. The third kappa shape index (κ3) is 4.64. The second-order valence-electron chi connectivity index (χ2n) is 5.52. The molecule has 1 aromatic carbocycles. The fourth-order valence-electron chi connectivity index (χ4n) is 2.33. The minimum atomic E-state index is -0.0932. The highest BCUT2D eigenvalue weighted by molar-refractivity contribution is 7.99. The molecule has 1 aliphatic rings. The minimum Gasteiger partial charge on any atom is -0.491 e. The molecule has 4 nitrogen and oxygen atoms in total. The van der Waals surface area contributed by atoms with E-state index in [1.807, 2.05) is 56.8 Å². The molecule has 21 heavy (non-hydrogen) atoms. The van der Waals surface area contributed by atoms with Crippen LogP contribution in [0.25, 0.3) is 0 Å². The summed E-state index contributed by atoms with van der Waals surface area (Å²) in [5, 5.41) is 6.34. The number of ether oxygens (including phenoxy) is 1. The van der Waals surface area contributed by atoms with Crippen molar-refractivity contribution in [3.63, 3.8) is 0 Å². The van der Waals surface area contributed by atoms with Crippen LogP contribution in [-0.4, -0.2) is 36.1 Å². The van der Waals surface area contributed by atoms with Gasteiger partial charge in [0.1, 0.15) is 5.75 Å². The predicted octanol–water partition coefficient (Wildman–Crippen LogP) is 2.36. The van der Waals surface area contributed by atoms with Crippen molar-refractivity contribution in [1.82, 2.24) is 10.6 Å². The van der Waals surface area contributed by atoms with Crippen LogP contribution in [-0.2, 0) is 4.79 Å². The summed E-state index contributed by atoms with van der Waals surface area (Å²) in [4.78, 5) is 12.3. The van der Waals surface area contributed by atoms with Gasteiger partial charge in [0.2, 0.25) is 5.91 Å². The van der Waals surface area contributed by atoms with Crippen LogP contribution in [0.4, 0.5) is 0 Å². The Morgan fingerprint density at radius 1 is 1.38 bits per heavy atom.